The maximum Gasteiger partial charge on any atom is 0.325 e. The zero-order chi connectivity index (χ0) is 21.3. The SMILES string of the molecule is Cc1ccc(-n2ncc3c(SCC(=O)Nc4c[nH]c(=O)[nH]c4=O)ncnc32)cc1C. The van der Waals surface area contributed by atoms with Crippen molar-refractivity contribution in [3.05, 3.63) is 68.9 Å². The van der Waals surface area contributed by atoms with Crippen LogP contribution in [0.15, 0.2) is 51.5 Å². The van der Waals surface area contributed by atoms with Crippen molar-refractivity contribution in [3.8, 4) is 5.69 Å². The van der Waals surface area contributed by atoms with Crippen LogP contribution >= 0.6 is 11.8 Å². The number of aromatic amines is 2. The minimum absolute atomic E-state index is 0.0134. The van der Waals surface area contributed by atoms with E-state index in [9.17, 15) is 14.4 Å². The zero-order valence-corrected chi connectivity index (χ0v) is 16.9. The van der Waals surface area contributed by atoms with Crippen molar-refractivity contribution in [2.24, 2.45) is 0 Å². The van der Waals surface area contributed by atoms with E-state index in [2.05, 4.69) is 25.4 Å². The number of anilines is 1. The molecule has 30 heavy (non-hydrogen) atoms. The summed E-state index contributed by atoms with van der Waals surface area (Å²) in [4.78, 5) is 47.9. The molecule has 0 aliphatic rings. The molecule has 0 spiro atoms. The molecule has 0 bridgehead atoms. The smallest absolute Gasteiger partial charge is 0.320 e. The van der Waals surface area contributed by atoms with Crippen molar-refractivity contribution in [1.29, 1.82) is 0 Å². The molecule has 4 aromatic rings. The lowest BCUT2D eigenvalue weighted by Crippen LogP contribution is -2.27. The number of thioether (sulfide) groups is 1. The highest BCUT2D eigenvalue weighted by Crippen LogP contribution is 2.26. The lowest BCUT2D eigenvalue weighted by Gasteiger charge is -2.07. The molecule has 0 fully saturated rings. The Morgan fingerprint density at radius 1 is 1.20 bits per heavy atom. The Labute approximate surface area is 173 Å². The number of H-pyrrole nitrogens is 2. The average Bonchev–Trinajstić information content (AvgIpc) is 3.15. The Morgan fingerprint density at radius 3 is 2.80 bits per heavy atom. The Hall–Kier alpha value is -3.73. The van der Waals surface area contributed by atoms with E-state index in [-0.39, 0.29) is 11.4 Å². The Balaban J connectivity index is 1.54. The van der Waals surface area contributed by atoms with Crippen LogP contribution in [0.3, 0.4) is 0 Å². The maximum absolute atomic E-state index is 12.2. The third kappa shape index (κ3) is 3.87. The molecule has 0 aliphatic carbocycles. The van der Waals surface area contributed by atoms with Gasteiger partial charge in [0.15, 0.2) is 5.65 Å². The van der Waals surface area contributed by atoms with E-state index in [0.29, 0.717) is 10.7 Å². The molecule has 0 unspecified atom stereocenters. The minimum atomic E-state index is -0.670. The number of hydrogen-bond donors (Lipinski definition) is 3. The van der Waals surface area contributed by atoms with Crippen LogP contribution in [0.5, 0.6) is 0 Å². The number of nitrogens with zero attached hydrogens (tertiary/aromatic N) is 4. The molecule has 0 saturated heterocycles. The number of fused-ring (bicyclic) bond motifs is 1. The predicted molar refractivity (Wildman–Crippen MR) is 113 cm³/mol. The van der Waals surface area contributed by atoms with Gasteiger partial charge in [0.05, 0.1) is 23.0 Å². The molecule has 11 heteroatoms. The fourth-order valence-corrected chi connectivity index (χ4v) is 3.57. The molecule has 0 radical (unpaired) electrons. The van der Waals surface area contributed by atoms with Crippen LogP contribution in [-0.4, -0.2) is 41.4 Å². The van der Waals surface area contributed by atoms with Gasteiger partial charge in [-0.05, 0) is 37.1 Å². The number of hydrogen-bond acceptors (Lipinski definition) is 7. The highest BCUT2D eigenvalue weighted by atomic mass is 32.2. The quantitative estimate of drug-likeness (QED) is 0.327. The summed E-state index contributed by atoms with van der Waals surface area (Å²) >= 11 is 1.20. The second kappa shape index (κ2) is 7.95. The van der Waals surface area contributed by atoms with E-state index in [1.807, 2.05) is 37.0 Å². The highest BCUT2D eigenvalue weighted by Gasteiger charge is 2.14. The summed E-state index contributed by atoms with van der Waals surface area (Å²) in [7, 11) is 0. The molecule has 152 valence electrons. The average molecular weight is 423 g/mol. The first-order chi connectivity index (χ1) is 14.4. The van der Waals surface area contributed by atoms with Gasteiger partial charge in [-0.15, -0.1) is 0 Å². The lowest BCUT2D eigenvalue weighted by atomic mass is 10.1. The zero-order valence-electron chi connectivity index (χ0n) is 16.1. The van der Waals surface area contributed by atoms with Gasteiger partial charge in [0, 0.05) is 6.20 Å². The van der Waals surface area contributed by atoms with Gasteiger partial charge in [-0.25, -0.2) is 19.4 Å². The van der Waals surface area contributed by atoms with Gasteiger partial charge in [-0.2, -0.15) is 5.10 Å². The van der Waals surface area contributed by atoms with E-state index in [1.165, 1.54) is 23.7 Å². The molecular weight excluding hydrogens is 406 g/mol. The summed E-state index contributed by atoms with van der Waals surface area (Å²) in [6.45, 7) is 4.08. The Morgan fingerprint density at radius 2 is 2.03 bits per heavy atom. The highest BCUT2D eigenvalue weighted by molar-refractivity contribution is 8.00. The third-order valence-corrected chi connectivity index (χ3v) is 5.50. The number of benzene rings is 1. The standard InChI is InChI=1S/C19H17N7O3S/c1-10-3-4-12(5-11(10)2)26-16-13(6-23-26)18(22-9-21-16)30-8-15(27)24-14-7-20-19(29)25-17(14)28/h3-7,9H,8H2,1-2H3,(H,24,27)(H2,20,25,28,29). The predicted octanol–water partition coefficient (Wildman–Crippen LogP) is 1.54. The van der Waals surface area contributed by atoms with Crippen LogP contribution in [0, 0.1) is 13.8 Å². The molecule has 10 nitrogen and oxygen atoms in total. The summed E-state index contributed by atoms with van der Waals surface area (Å²) in [6, 6.07) is 6.03. The van der Waals surface area contributed by atoms with Gasteiger partial charge < -0.3 is 10.3 Å². The van der Waals surface area contributed by atoms with Crippen molar-refractivity contribution >= 4 is 34.4 Å². The number of aromatic nitrogens is 6. The second-order valence-corrected chi connectivity index (χ2v) is 7.53. The van der Waals surface area contributed by atoms with Crippen molar-refractivity contribution in [1.82, 2.24) is 29.7 Å². The van der Waals surface area contributed by atoms with Crippen molar-refractivity contribution in [2.45, 2.75) is 18.9 Å². The van der Waals surface area contributed by atoms with E-state index >= 15 is 0 Å². The third-order valence-electron chi connectivity index (χ3n) is 4.50. The summed E-state index contributed by atoms with van der Waals surface area (Å²) in [5.74, 6) is -0.398. The van der Waals surface area contributed by atoms with Gasteiger partial charge in [0.1, 0.15) is 17.0 Å². The van der Waals surface area contributed by atoms with Gasteiger partial charge in [0.25, 0.3) is 5.56 Å². The molecule has 0 saturated carbocycles. The van der Waals surface area contributed by atoms with Gasteiger partial charge >= 0.3 is 5.69 Å². The fraction of sp³-hybridized carbons (Fsp3) is 0.158. The molecule has 0 aliphatic heterocycles. The molecule has 0 atom stereocenters. The van der Waals surface area contributed by atoms with Crippen molar-refractivity contribution in [3.63, 3.8) is 0 Å². The molecule has 3 aromatic heterocycles. The van der Waals surface area contributed by atoms with E-state index in [4.69, 9.17) is 0 Å². The number of carbonyl (C=O) groups is 1. The van der Waals surface area contributed by atoms with Crippen LogP contribution < -0.4 is 16.6 Å². The molecule has 3 N–H and O–H groups in total. The molecule has 1 aromatic carbocycles. The monoisotopic (exact) mass is 423 g/mol. The van der Waals surface area contributed by atoms with Crippen LogP contribution in [0.2, 0.25) is 0 Å². The van der Waals surface area contributed by atoms with E-state index in [0.717, 1.165) is 22.8 Å². The molecular formula is C19H17N7O3S. The van der Waals surface area contributed by atoms with Crippen molar-refractivity contribution in [2.75, 3.05) is 11.1 Å². The first-order valence-corrected chi connectivity index (χ1v) is 9.92. The van der Waals surface area contributed by atoms with Crippen LogP contribution in [-0.2, 0) is 4.79 Å². The lowest BCUT2D eigenvalue weighted by molar-refractivity contribution is -0.113. The normalized spacial score (nSPS) is 11.0. The largest absolute Gasteiger partial charge is 0.325 e. The minimum Gasteiger partial charge on any atom is -0.320 e. The number of aryl methyl sites for hydroxylation is 2. The van der Waals surface area contributed by atoms with Crippen LogP contribution in [0.4, 0.5) is 5.69 Å². The summed E-state index contributed by atoms with van der Waals surface area (Å²) in [6.07, 6.45) is 4.24. The fourth-order valence-electron chi connectivity index (χ4n) is 2.81. The number of nitrogens with one attached hydrogen (secondary N) is 3. The topological polar surface area (TPSA) is 138 Å². The molecule has 1 amide bonds. The summed E-state index contributed by atoms with van der Waals surface area (Å²) in [5, 5.41) is 8.21. The van der Waals surface area contributed by atoms with E-state index < -0.39 is 17.2 Å². The second-order valence-electron chi connectivity index (χ2n) is 6.56. The maximum atomic E-state index is 12.2. The van der Waals surface area contributed by atoms with E-state index in [1.54, 1.807) is 10.9 Å². The van der Waals surface area contributed by atoms with Crippen molar-refractivity contribution < 1.29 is 4.79 Å². The first kappa shape index (κ1) is 19.6. The van der Waals surface area contributed by atoms with Crippen LogP contribution in [0.1, 0.15) is 11.1 Å². The summed E-state index contributed by atoms with van der Waals surface area (Å²) in [5.41, 5.74) is 2.51. The molecule has 3 heterocycles. The van der Waals surface area contributed by atoms with Gasteiger partial charge in [0.2, 0.25) is 5.91 Å². The first-order valence-electron chi connectivity index (χ1n) is 8.93. The van der Waals surface area contributed by atoms with Gasteiger partial charge in [-0.3, -0.25) is 14.6 Å². The number of amides is 1. The summed E-state index contributed by atoms with van der Waals surface area (Å²) < 4.78 is 1.73. The Bertz CT molecular complexity index is 1370. The Kier molecular flexibility index (Phi) is 5.19. The molecule has 4 rings (SSSR count). The van der Waals surface area contributed by atoms with Gasteiger partial charge in [-0.1, -0.05) is 17.8 Å². The number of rotatable bonds is 5. The van der Waals surface area contributed by atoms with Crippen LogP contribution in [0.25, 0.3) is 16.7 Å². The number of carbonyl (C=O) groups excluding carboxylic acids is 1.